The van der Waals surface area contributed by atoms with Crippen molar-refractivity contribution in [1.82, 2.24) is 9.88 Å². The summed E-state index contributed by atoms with van der Waals surface area (Å²) in [5.41, 5.74) is 1.90. The molecule has 26 heavy (non-hydrogen) atoms. The lowest BCUT2D eigenvalue weighted by Gasteiger charge is -2.38. The van der Waals surface area contributed by atoms with Gasteiger partial charge in [0, 0.05) is 11.5 Å². The first-order valence-corrected chi connectivity index (χ1v) is 8.64. The van der Waals surface area contributed by atoms with Gasteiger partial charge in [0.05, 0.1) is 32.1 Å². The van der Waals surface area contributed by atoms with Crippen LogP contribution in [0.5, 0.6) is 11.6 Å². The SMILES string of the molecule is COc1ccc(CC(=O)N2CC(Oc3ccc4ccccc4n3)C2)cc1. The lowest BCUT2D eigenvalue weighted by molar-refractivity contribution is -0.139. The van der Waals surface area contributed by atoms with E-state index < -0.39 is 0 Å². The molecule has 1 aliphatic heterocycles. The lowest BCUT2D eigenvalue weighted by Crippen LogP contribution is -2.56. The minimum Gasteiger partial charge on any atom is -0.497 e. The molecule has 5 heteroatoms. The number of hydrogen-bond donors (Lipinski definition) is 0. The number of aromatic nitrogens is 1. The number of likely N-dealkylation sites (tertiary alicyclic amines) is 1. The van der Waals surface area contributed by atoms with Crippen LogP contribution < -0.4 is 9.47 Å². The highest BCUT2D eigenvalue weighted by atomic mass is 16.5. The van der Waals surface area contributed by atoms with Gasteiger partial charge in [-0.1, -0.05) is 30.3 Å². The molecule has 3 aromatic rings. The fourth-order valence-corrected chi connectivity index (χ4v) is 3.03. The molecule has 1 aromatic heterocycles. The van der Waals surface area contributed by atoms with Gasteiger partial charge in [-0.05, 0) is 29.8 Å². The summed E-state index contributed by atoms with van der Waals surface area (Å²) in [6.45, 7) is 1.20. The molecule has 1 fully saturated rings. The molecule has 0 unspecified atom stereocenters. The van der Waals surface area contributed by atoms with Gasteiger partial charge in [0.1, 0.15) is 11.9 Å². The molecule has 0 saturated carbocycles. The van der Waals surface area contributed by atoms with Gasteiger partial charge < -0.3 is 14.4 Å². The van der Waals surface area contributed by atoms with Crippen LogP contribution in [0.1, 0.15) is 5.56 Å². The minimum absolute atomic E-state index is 0.00322. The summed E-state index contributed by atoms with van der Waals surface area (Å²) in [5.74, 6) is 1.51. The normalized spacial score (nSPS) is 14.1. The summed E-state index contributed by atoms with van der Waals surface area (Å²) in [4.78, 5) is 18.7. The van der Waals surface area contributed by atoms with E-state index in [0.29, 0.717) is 25.4 Å². The molecule has 2 heterocycles. The molecule has 1 aliphatic rings. The van der Waals surface area contributed by atoms with Crippen molar-refractivity contribution in [2.24, 2.45) is 0 Å². The third kappa shape index (κ3) is 3.47. The molecule has 4 rings (SSSR count). The quantitative estimate of drug-likeness (QED) is 0.711. The molecular weight excluding hydrogens is 328 g/mol. The number of carbonyl (C=O) groups excluding carboxylic acids is 1. The number of rotatable bonds is 5. The van der Waals surface area contributed by atoms with Crippen molar-refractivity contribution in [3.63, 3.8) is 0 Å². The topological polar surface area (TPSA) is 51.7 Å². The van der Waals surface area contributed by atoms with E-state index in [1.54, 1.807) is 7.11 Å². The van der Waals surface area contributed by atoms with Crippen LogP contribution in [0.4, 0.5) is 0 Å². The number of methoxy groups -OCH3 is 1. The first kappa shape index (κ1) is 16.4. The van der Waals surface area contributed by atoms with Crippen LogP contribution >= 0.6 is 0 Å². The maximum Gasteiger partial charge on any atom is 0.227 e. The van der Waals surface area contributed by atoms with Crippen molar-refractivity contribution in [3.05, 3.63) is 66.2 Å². The van der Waals surface area contributed by atoms with Crippen molar-refractivity contribution in [3.8, 4) is 11.6 Å². The third-order valence-electron chi connectivity index (χ3n) is 4.58. The number of pyridine rings is 1. The Balaban J connectivity index is 1.30. The fourth-order valence-electron chi connectivity index (χ4n) is 3.03. The van der Waals surface area contributed by atoms with E-state index in [1.165, 1.54) is 0 Å². The Hall–Kier alpha value is -3.08. The smallest absolute Gasteiger partial charge is 0.227 e. The highest BCUT2D eigenvalue weighted by Crippen LogP contribution is 2.21. The standard InChI is InChI=1S/C21H20N2O3/c1-25-17-9-6-15(7-10-17)12-21(24)23-13-18(14-23)26-20-11-8-16-4-2-3-5-19(16)22-20/h2-11,18H,12-14H2,1H3. The number of fused-ring (bicyclic) bond motifs is 1. The number of carbonyl (C=O) groups is 1. The van der Waals surface area contributed by atoms with Crippen molar-refractivity contribution in [1.29, 1.82) is 0 Å². The van der Waals surface area contributed by atoms with Crippen LogP contribution in [0, 0.1) is 0 Å². The maximum atomic E-state index is 12.3. The zero-order valence-corrected chi connectivity index (χ0v) is 14.6. The van der Waals surface area contributed by atoms with Gasteiger partial charge in [0.2, 0.25) is 11.8 Å². The second-order valence-corrected chi connectivity index (χ2v) is 6.41. The number of amides is 1. The minimum atomic E-state index is 0.00322. The van der Waals surface area contributed by atoms with Gasteiger partial charge in [0.25, 0.3) is 0 Å². The van der Waals surface area contributed by atoms with Crippen LogP contribution in [-0.2, 0) is 11.2 Å². The monoisotopic (exact) mass is 348 g/mol. The lowest BCUT2D eigenvalue weighted by atomic mass is 10.1. The Labute approximate surface area is 152 Å². The first-order valence-electron chi connectivity index (χ1n) is 8.64. The molecule has 0 aliphatic carbocycles. The van der Waals surface area contributed by atoms with Gasteiger partial charge in [0.15, 0.2) is 0 Å². The molecule has 1 saturated heterocycles. The molecular formula is C21H20N2O3. The molecule has 2 aromatic carbocycles. The predicted molar refractivity (Wildman–Crippen MR) is 99.4 cm³/mol. The molecule has 0 spiro atoms. The maximum absolute atomic E-state index is 12.3. The van der Waals surface area contributed by atoms with Crippen molar-refractivity contribution < 1.29 is 14.3 Å². The van der Waals surface area contributed by atoms with Crippen LogP contribution in [0.15, 0.2) is 60.7 Å². The van der Waals surface area contributed by atoms with E-state index in [0.717, 1.165) is 22.2 Å². The van der Waals surface area contributed by atoms with E-state index in [2.05, 4.69) is 4.98 Å². The Kier molecular flexibility index (Phi) is 4.44. The van der Waals surface area contributed by atoms with Crippen molar-refractivity contribution in [2.75, 3.05) is 20.2 Å². The van der Waals surface area contributed by atoms with Gasteiger partial charge in [-0.3, -0.25) is 4.79 Å². The molecule has 0 N–H and O–H groups in total. The van der Waals surface area contributed by atoms with Gasteiger partial charge in [-0.2, -0.15) is 0 Å². The highest BCUT2D eigenvalue weighted by molar-refractivity contribution is 5.80. The predicted octanol–water partition coefficient (Wildman–Crippen LogP) is 3.08. The average Bonchev–Trinajstić information content (AvgIpc) is 2.64. The van der Waals surface area contributed by atoms with Crippen molar-refractivity contribution in [2.45, 2.75) is 12.5 Å². The van der Waals surface area contributed by atoms with Crippen molar-refractivity contribution >= 4 is 16.8 Å². The molecule has 1 amide bonds. The molecule has 0 bridgehead atoms. The van der Waals surface area contributed by atoms with Gasteiger partial charge in [-0.25, -0.2) is 4.98 Å². The van der Waals surface area contributed by atoms with Crippen LogP contribution in [-0.4, -0.2) is 42.1 Å². The number of hydrogen-bond acceptors (Lipinski definition) is 4. The Morgan fingerprint density at radius 2 is 1.85 bits per heavy atom. The number of para-hydroxylation sites is 1. The van der Waals surface area contributed by atoms with E-state index >= 15 is 0 Å². The van der Waals surface area contributed by atoms with E-state index in [1.807, 2.05) is 65.6 Å². The highest BCUT2D eigenvalue weighted by Gasteiger charge is 2.32. The summed E-state index contributed by atoms with van der Waals surface area (Å²) < 4.78 is 11.0. The molecule has 0 atom stereocenters. The second kappa shape index (κ2) is 7.04. The number of nitrogens with zero attached hydrogens (tertiary/aromatic N) is 2. The zero-order chi connectivity index (χ0) is 17.9. The van der Waals surface area contributed by atoms with Crippen LogP contribution in [0.3, 0.4) is 0 Å². The molecule has 5 nitrogen and oxygen atoms in total. The molecule has 132 valence electrons. The van der Waals surface area contributed by atoms with E-state index in [4.69, 9.17) is 9.47 Å². The Bertz CT molecular complexity index is 918. The van der Waals surface area contributed by atoms with E-state index in [9.17, 15) is 4.79 Å². The average molecular weight is 348 g/mol. The summed E-state index contributed by atoms with van der Waals surface area (Å²) in [5, 5.41) is 1.09. The number of benzene rings is 2. The Morgan fingerprint density at radius 1 is 1.08 bits per heavy atom. The summed E-state index contributed by atoms with van der Waals surface area (Å²) >= 11 is 0. The van der Waals surface area contributed by atoms with Gasteiger partial charge in [-0.15, -0.1) is 0 Å². The summed E-state index contributed by atoms with van der Waals surface area (Å²) in [7, 11) is 1.63. The summed E-state index contributed by atoms with van der Waals surface area (Å²) in [6.07, 6.45) is 0.397. The van der Waals surface area contributed by atoms with E-state index in [-0.39, 0.29) is 12.0 Å². The third-order valence-corrected chi connectivity index (χ3v) is 4.58. The van der Waals surface area contributed by atoms with Crippen LogP contribution in [0.2, 0.25) is 0 Å². The largest absolute Gasteiger partial charge is 0.497 e. The summed E-state index contributed by atoms with van der Waals surface area (Å²) in [6, 6.07) is 19.4. The zero-order valence-electron chi connectivity index (χ0n) is 14.6. The molecule has 0 radical (unpaired) electrons. The first-order chi connectivity index (χ1) is 12.7. The Morgan fingerprint density at radius 3 is 2.62 bits per heavy atom. The van der Waals surface area contributed by atoms with Gasteiger partial charge >= 0.3 is 0 Å². The fraction of sp³-hybridized carbons (Fsp3) is 0.238. The second-order valence-electron chi connectivity index (χ2n) is 6.41. The number of ether oxygens (including phenoxy) is 2. The van der Waals surface area contributed by atoms with Crippen LogP contribution in [0.25, 0.3) is 10.9 Å².